The van der Waals surface area contributed by atoms with E-state index in [1.165, 1.54) is 0 Å². The van der Waals surface area contributed by atoms with E-state index in [0.717, 1.165) is 11.3 Å². The predicted octanol–water partition coefficient (Wildman–Crippen LogP) is 3.24. The highest BCUT2D eigenvalue weighted by Gasteiger charge is 2.06. The van der Waals surface area contributed by atoms with E-state index in [9.17, 15) is 0 Å². The summed E-state index contributed by atoms with van der Waals surface area (Å²) < 4.78 is 7.58. The Morgan fingerprint density at radius 2 is 2.06 bits per heavy atom. The molecule has 0 aliphatic rings. The standard InChI is InChI=1S/C13H10ClN3O/c14-11-3-1-10(2-4-11)12-7-16-13(18-12)8-17-6-5-15-9-17/h1-7,9H,8H2. The summed E-state index contributed by atoms with van der Waals surface area (Å²) in [4.78, 5) is 8.21. The number of hydrogen-bond donors (Lipinski definition) is 0. The zero-order valence-electron chi connectivity index (χ0n) is 9.45. The van der Waals surface area contributed by atoms with Gasteiger partial charge in [-0.05, 0) is 24.3 Å². The van der Waals surface area contributed by atoms with E-state index in [0.29, 0.717) is 17.5 Å². The molecule has 90 valence electrons. The number of halogens is 1. The largest absolute Gasteiger partial charge is 0.439 e. The zero-order chi connectivity index (χ0) is 12.4. The average molecular weight is 260 g/mol. The first kappa shape index (κ1) is 11.0. The van der Waals surface area contributed by atoms with E-state index in [1.54, 1.807) is 18.7 Å². The number of rotatable bonds is 3. The summed E-state index contributed by atoms with van der Waals surface area (Å²) in [7, 11) is 0. The average Bonchev–Trinajstić information content (AvgIpc) is 3.02. The van der Waals surface area contributed by atoms with Crippen molar-refractivity contribution >= 4 is 11.6 Å². The minimum absolute atomic E-state index is 0.577. The molecule has 1 aromatic carbocycles. The van der Waals surface area contributed by atoms with Gasteiger partial charge in [0.2, 0.25) is 5.89 Å². The van der Waals surface area contributed by atoms with Gasteiger partial charge in [-0.15, -0.1) is 0 Å². The summed E-state index contributed by atoms with van der Waals surface area (Å²) >= 11 is 5.84. The Balaban J connectivity index is 1.83. The minimum atomic E-state index is 0.577. The molecule has 0 atom stereocenters. The van der Waals surface area contributed by atoms with E-state index in [4.69, 9.17) is 16.0 Å². The van der Waals surface area contributed by atoms with E-state index < -0.39 is 0 Å². The van der Waals surface area contributed by atoms with Crippen molar-refractivity contribution in [3.05, 3.63) is 60.1 Å². The molecule has 3 aromatic rings. The van der Waals surface area contributed by atoms with E-state index in [-0.39, 0.29) is 0 Å². The van der Waals surface area contributed by atoms with Gasteiger partial charge in [0, 0.05) is 23.0 Å². The normalized spacial score (nSPS) is 10.7. The number of nitrogens with zero attached hydrogens (tertiary/aromatic N) is 3. The van der Waals surface area contributed by atoms with Gasteiger partial charge in [0.25, 0.3) is 0 Å². The Labute approximate surface area is 109 Å². The molecule has 0 fully saturated rings. The van der Waals surface area contributed by atoms with Gasteiger partial charge in [-0.2, -0.15) is 0 Å². The van der Waals surface area contributed by atoms with Crippen LogP contribution in [-0.2, 0) is 6.54 Å². The van der Waals surface area contributed by atoms with E-state index in [2.05, 4.69) is 9.97 Å². The number of hydrogen-bond acceptors (Lipinski definition) is 3. The molecule has 0 unspecified atom stereocenters. The van der Waals surface area contributed by atoms with Crippen LogP contribution in [-0.4, -0.2) is 14.5 Å². The zero-order valence-corrected chi connectivity index (χ0v) is 10.2. The van der Waals surface area contributed by atoms with Crippen molar-refractivity contribution in [2.75, 3.05) is 0 Å². The Morgan fingerprint density at radius 3 is 2.78 bits per heavy atom. The first-order valence-electron chi connectivity index (χ1n) is 5.47. The van der Waals surface area contributed by atoms with Crippen LogP contribution in [0.2, 0.25) is 5.02 Å². The molecule has 0 radical (unpaired) electrons. The van der Waals surface area contributed by atoms with E-state index in [1.807, 2.05) is 35.0 Å². The molecule has 0 N–H and O–H groups in total. The summed E-state index contributed by atoms with van der Waals surface area (Å²) in [5.41, 5.74) is 0.962. The first-order valence-corrected chi connectivity index (χ1v) is 5.85. The lowest BCUT2D eigenvalue weighted by Crippen LogP contribution is -1.95. The topological polar surface area (TPSA) is 43.9 Å². The number of oxazole rings is 1. The first-order chi connectivity index (χ1) is 8.81. The van der Waals surface area contributed by atoms with Gasteiger partial charge in [-0.25, -0.2) is 9.97 Å². The quantitative estimate of drug-likeness (QED) is 0.725. The highest BCUT2D eigenvalue weighted by molar-refractivity contribution is 6.30. The van der Waals surface area contributed by atoms with Crippen LogP contribution >= 0.6 is 11.6 Å². The second kappa shape index (κ2) is 4.66. The van der Waals surface area contributed by atoms with Gasteiger partial charge in [0.1, 0.15) is 6.54 Å². The van der Waals surface area contributed by atoms with Crippen LogP contribution in [0.5, 0.6) is 0 Å². The second-order valence-electron chi connectivity index (χ2n) is 3.86. The Hall–Kier alpha value is -2.07. The summed E-state index contributed by atoms with van der Waals surface area (Å²) in [5.74, 6) is 1.39. The third-order valence-corrected chi connectivity index (χ3v) is 2.81. The molecule has 0 aliphatic heterocycles. The lowest BCUT2D eigenvalue weighted by molar-refractivity contribution is 0.488. The molecule has 0 saturated carbocycles. The van der Waals surface area contributed by atoms with Crippen LogP contribution in [0.25, 0.3) is 11.3 Å². The van der Waals surface area contributed by atoms with Gasteiger partial charge >= 0.3 is 0 Å². The maximum absolute atomic E-state index is 5.84. The predicted molar refractivity (Wildman–Crippen MR) is 68.3 cm³/mol. The van der Waals surface area contributed by atoms with Crippen LogP contribution in [0.4, 0.5) is 0 Å². The Kier molecular flexibility index (Phi) is 2.86. The molecule has 0 bridgehead atoms. The van der Waals surface area contributed by atoms with Crippen LogP contribution in [0.3, 0.4) is 0 Å². The lowest BCUT2D eigenvalue weighted by atomic mass is 10.2. The van der Waals surface area contributed by atoms with Crippen LogP contribution in [0.1, 0.15) is 5.89 Å². The number of aromatic nitrogens is 3. The van der Waals surface area contributed by atoms with Gasteiger partial charge < -0.3 is 8.98 Å². The minimum Gasteiger partial charge on any atom is -0.439 e. The smallest absolute Gasteiger partial charge is 0.214 e. The SMILES string of the molecule is Clc1ccc(-c2cnc(Cn3ccnc3)o2)cc1. The molecule has 2 heterocycles. The summed E-state index contributed by atoms with van der Waals surface area (Å²) in [6, 6.07) is 7.47. The van der Waals surface area contributed by atoms with Gasteiger partial charge in [-0.3, -0.25) is 0 Å². The second-order valence-corrected chi connectivity index (χ2v) is 4.30. The van der Waals surface area contributed by atoms with Crippen molar-refractivity contribution in [3.8, 4) is 11.3 Å². The van der Waals surface area contributed by atoms with Gasteiger partial charge in [0.15, 0.2) is 5.76 Å². The molecule has 5 heteroatoms. The van der Waals surface area contributed by atoms with Crippen LogP contribution < -0.4 is 0 Å². The summed E-state index contributed by atoms with van der Waals surface area (Å²) in [6.45, 7) is 0.577. The molecular weight excluding hydrogens is 250 g/mol. The molecule has 0 saturated heterocycles. The summed E-state index contributed by atoms with van der Waals surface area (Å²) in [5, 5.41) is 0.705. The van der Waals surface area contributed by atoms with Crippen molar-refractivity contribution in [1.29, 1.82) is 0 Å². The van der Waals surface area contributed by atoms with Crippen LogP contribution in [0, 0.1) is 0 Å². The molecular formula is C13H10ClN3O. The molecule has 18 heavy (non-hydrogen) atoms. The third kappa shape index (κ3) is 2.28. The van der Waals surface area contributed by atoms with Gasteiger partial charge in [-0.1, -0.05) is 11.6 Å². The molecule has 0 aliphatic carbocycles. The van der Waals surface area contributed by atoms with Crippen molar-refractivity contribution in [2.45, 2.75) is 6.54 Å². The lowest BCUT2D eigenvalue weighted by Gasteiger charge is -1.97. The molecule has 4 nitrogen and oxygen atoms in total. The summed E-state index contributed by atoms with van der Waals surface area (Å²) in [6.07, 6.45) is 7.04. The van der Waals surface area contributed by atoms with Crippen molar-refractivity contribution in [3.63, 3.8) is 0 Å². The number of benzene rings is 1. The fourth-order valence-electron chi connectivity index (χ4n) is 1.67. The fourth-order valence-corrected chi connectivity index (χ4v) is 1.79. The highest BCUT2D eigenvalue weighted by Crippen LogP contribution is 2.22. The maximum atomic E-state index is 5.84. The maximum Gasteiger partial charge on any atom is 0.214 e. The van der Waals surface area contributed by atoms with Gasteiger partial charge in [0.05, 0.1) is 12.5 Å². The van der Waals surface area contributed by atoms with Crippen molar-refractivity contribution in [2.24, 2.45) is 0 Å². The molecule has 3 rings (SSSR count). The van der Waals surface area contributed by atoms with Crippen molar-refractivity contribution < 1.29 is 4.42 Å². The van der Waals surface area contributed by atoms with Crippen molar-refractivity contribution in [1.82, 2.24) is 14.5 Å². The molecule has 0 spiro atoms. The highest BCUT2D eigenvalue weighted by atomic mass is 35.5. The monoisotopic (exact) mass is 259 g/mol. The Bertz CT molecular complexity index is 629. The molecule has 0 amide bonds. The van der Waals surface area contributed by atoms with Crippen LogP contribution in [0.15, 0.2) is 53.6 Å². The number of imidazole rings is 1. The molecule has 2 aromatic heterocycles. The fraction of sp³-hybridized carbons (Fsp3) is 0.0769. The third-order valence-electron chi connectivity index (χ3n) is 2.56. The Morgan fingerprint density at radius 1 is 1.22 bits per heavy atom. The van der Waals surface area contributed by atoms with E-state index >= 15 is 0 Å².